The lowest BCUT2D eigenvalue weighted by Crippen LogP contribution is -2.27. The Bertz CT molecular complexity index is 862. The molecule has 0 aromatic heterocycles. The molecule has 1 aliphatic heterocycles. The van der Waals surface area contributed by atoms with Gasteiger partial charge in [-0.2, -0.15) is 0 Å². The van der Waals surface area contributed by atoms with Crippen LogP contribution in [0.3, 0.4) is 0 Å². The average molecular weight is 356 g/mol. The largest absolute Gasteiger partial charge is 0.475 e. The van der Waals surface area contributed by atoms with Crippen LogP contribution in [-0.2, 0) is 9.59 Å². The van der Waals surface area contributed by atoms with Crippen molar-refractivity contribution in [2.24, 2.45) is 5.92 Å². The van der Waals surface area contributed by atoms with Crippen molar-refractivity contribution in [3.63, 3.8) is 0 Å². The van der Waals surface area contributed by atoms with Crippen molar-refractivity contribution in [1.29, 1.82) is 0 Å². The molecule has 3 rings (SSSR count). The van der Waals surface area contributed by atoms with E-state index in [-0.39, 0.29) is 6.54 Å². The van der Waals surface area contributed by atoms with Crippen LogP contribution in [0.1, 0.15) is 18.1 Å². The number of nitrogens with zero attached hydrogens (tertiary/aromatic N) is 1. The second kappa shape index (κ2) is 7.09. The summed E-state index contributed by atoms with van der Waals surface area (Å²) < 4.78 is 0. The standard InChI is InChI=1S/C19H16ClN2O3/c1-11(18(23)19(24)25)15-10-21-22-16-8-7-13(20)9-14(16)17(15)12-5-3-2-4-6-12/h2-9,11,22H,10H2,1H3,(H,24,25). The Kier molecular flexibility index (Phi) is 4.88. The summed E-state index contributed by atoms with van der Waals surface area (Å²) in [7, 11) is 0. The van der Waals surface area contributed by atoms with Crippen LogP contribution in [0.15, 0.2) is 54.1 Å². The fraction of sp³-hybridized carbons (Fsp3) is 0.158. The van der Waals surface area contributed by atoms with Crippen LogP contribution >= 0.6 is 11.6 Å². The third kappa shape index (κ3) is 3.43. The Labute approximate surface area is 150 Å². The van der Waals surface area contributed by atoms with Crippen molar-refractivity contribution in [2.45, 2.75) is 6.92 Å². The molecule has 2 aromatic rings. The van der Waals surface area contributed by atoms with Gasteiger partial charge in [-0.05, 0) is 34.9 Å². The number of halogens is 1. The maximum Gasteiger partial charge on any atom is 0.372 e. The van der Waals surface area contributed by atoms with E-state index in [0.717, 1.165) is 22.4 Å². The molecule has 0 bridgehead atoms. The van der Waals surface area contributed by atoms with Crippen LogP contribution in [0.25, 0.3) is 5.57 Å². The number of nitrogens with one attached hydrogen (secondary N) is 1. The van der Waals surface area contributed by atoms with E-state index in [4.69, 9.17) is 16.7 Å². The lowest BCUT2D eigenvalue weighted by Gasteiger charge is -2.18. The van der Waals surface area contributed by atoms with Gasteiger partial charge in [-0.3, -0.25) is 4.79 Å². The second-order valence-electron chi connectivity index (χ2n) is 5.78. The summed E-state index contributed by atoms with van der Waals surface area (Å²) in [6.45, 7) is 1.80. The number of fused-ring (bicyclic) bond motifs is 1. The van der Waals surface area contributed by atoms with Gasteiger partial charge in [0.25, 0.3) is 0 Å². The molecule has 2 N–H and O–H groups in total. The first-order valence-electron chi connectivity index (χ1n) is 7.77. The van der Waals surface area contributed by atoms with Gasteiger partial charge >= 0.3 is 5.97 Å². The summed E-state index contributed by atoms with van der Waals surface area (Å²) in [6.07, 6.45) is 0. The molecule has 0 amide bonds. The number of benzene rings is 2. The molecule has 25 heavy (non-hydrogen) atoms. The molecule has 1 heterocycles. The predicted octanol–water partition coefficient (Wildman–Crippen LogP) is 3.38. The number of hydrogen-bond donors (Lipinski definition) is 2. The van der Waals surface area contributed by atoms with Gasteiger partial charge in [-0.15, -0.1) is 5.43 Å². The summed E-state index contributed by atoms with van der Waals surface area (Å²) in [4.78, 5) is 23.3. The van der Waals surface area contributed by atoms with E-state index in [0.29, 0.717) is 10.6 Å². The zero-order chi connectivity index (χ0) is 18.0. The first kappa shape index (κ1) is 17.2. The maximum absolute atomic E-state index is 12.1. The number of hydrogen-bond acceptors (Lipinski definition) is 3. The number of anilines is 1. The molecular weight excluding hydrogens is 340 g/mol. The number of carboxylic acid groups (broad SMARTS) is 1. The van der Waals surface area contributed by atoms with Crippen molar-refractivity contribution < 1.29 is 14.7 Å². The van der Waals surface area contributed by atoms with E-state index >= 15 is 0 Å². The number of carbonyl (C=O) groups is 2. The monoisotopic (exact) mass is 355 g/mol. The molecule has 1 aliphatic rings. The van der Waals surface area contributed by atoms with E-state index in [1.807, 2.05) is 36.4 Å². The first-order valence-corrected chi connectivity index (χ1v) is 8.15. The highest BCUT2D eigenvalue weighted by Crippen LogP contribution is 2.37. The Morgan fingerprint density at radius 3 is 2.60 bits per heavy atom. The third-order valence-electron chi connectivity index (χ3n) is 4.21. The molecule has 1 unspecified atom stereocenters. The number of rotatable bonds is 4. The van der Waals surface area contributed by atoms with Gasteiger partial charge in [0.15, 0.2) is 0 Å². The quantitative estimate of drug-likeness (QED) is 0.824. The molecule has 0 saturated heterocycles. The average Bonchev–Trinajstić information content (AvgIpc) is 2.80. The van der Waals surface area contributed by atoms with E-state index in [1.165, 1.54) is 0 Å². The van der Waals surface area contributed by atoms with Gasteiger partial charge in [-0.25, -0.2) is 4.79 Å². The molecule has 1 atom stereocenters. The molecular formula is C19H16ClN2O3. The number of Topliss-reactive ketones (excluding diaryl/α,β-unsaturated/α-hetero) is 1. The highest BCUT2D eigenvalue weighted by Gasteiger charge is 2.29. The van der Waals surface area contributed by atoms with Crippen LogP contribution in [0.4, 0.5) is 5.69 Å². The minimum absolute atomic E-state index is 0.205. The summed E-state index contributed by atoms with van der Waals surface area (Å²) >= 11 is 6.18. The highest BCUT2D eigenvalue weighted by atomic mass is 35.5. The van der Waals surface area contributed by atoms with Crippen LogP contribution in [0, 0.1) is 5.92 Å². The van der Waals surface area contributed by atoms with E-state index in [2.05, 4.69) is 10.9 Å². The molecule has 6 heteroatoms. The van der Waals surface area contributed by atoms with Gasteiger partial charge in [0.2, 0.25) is 5.78 Å². The zero-order valence-corrected chi connectivity index (χ0v) is 14.2. The lowest BCUT2D eigenvalue weighted by atomic mass is 9.85. The third-order valence-corrected chi connectivity index (χ3v) is 4.45. The van der Waals surface area contributed by atoms with Crippen LogP contribution in [0.5, 0.6) is 0 Å². The van der Waals surface area contributed by atoms with Crippen molar-refractivity contribution in [1.82, 2.24) is 5.43 Å². The summed E-state index contributed by atoms with van der Waals surface area (Å²) in [5.41, 5.74) is 11.1. The number of carbonyl (C=O) groups excluding carboxylic acids is 1. The lowest BCUT2D eigenvalue weighted by molar-refractivity contribution is -0.150. The number of ketones is 1. The minimum atomic E-state index is -1.45. The summed E-state index contributed by atoms with van der Waals surface area (Å²) in [6, 6.07) is 14.9. The van der Waals surface area contributed by atoms with Gasteiger partial charge in [-0.1, -0.05) is 48.9 Å². The molecule has 127 valence electrons. The van der Waals surface area contributed by atoms with Gasteiger partial charge in [0.05, 0.1) is 12.2 Å². The molecule has 1 radical (unpaired) electrons. The molecule has 0 saturated carbocycles. The Hall–Kier alpha value is -2.63. The SMILES string of the molecule is CC(C(=O)C(=O)O)C1=C(c2ccccc2)c2cc(Cl)ccc2N[N]C1. The van der Waals surface area contributed by atoms with Gasteiger partial charge < -0.3 is 10.5 Å². The fourth-order valence-corrected chi connectivity index (χ4v) is 3.10. The fourth-order valence-electron chi connectivity index (χ4n) is 2.93. The normalized spacial score (nSPS) is 15.0. The second-order valence-corrected chi connectivity index (χ2v) is 6.21. The van der Waals surface area contributed by atoms with E-state index in [9.17, 15) is 9.59 Å². The Morgan fingerprint density at radius 2 is 1.92 bits per heavy atom. The smallest absolute Gasteiger partial charge is 0.372 e. The minimum Gasteiger partial charge on any atom is -0.475 e. The van der Waals surface area contributed by atoms with Crippen LogP contribution in [0.2, 0.25) is 5.02 Å². The van der Waals surface area contributed by atoms with Crippen molar-refractivity contribution in [3.05, 3.63) is 70.3 Å². The first-order chi connectivity index (χ1) is 12.0. The molecule has 2 aromatic carbocycles. The van der Waals surface area contributed by atoms with Crippen molar-refractivity contribution in [3.8, 4) is 0 Å². The topological polar surface area (TPSA) is 80.5 Å². The van der Waals surface area contributed by atoms with Crippen molar-refractivity contribution >= 4 is 34.6 Å². The molecule has 5 nitrogen and oxygen atoms in total. The number of aliphatic carboxylic acids is 1. The summed E-state index contributed by atoms with van der Waals surface area (Å²) in [5, 5.41) is 9.66. The molecule has 0 aliphatic carbocycles. The van der Waals surface area contributed by atoms with Crippen LogP contribution < -0.4 is 10.9 Å². The Balaban J connectivity index is 2.27. The van der Waals surface area contributed by atoms with E-state index < -0.39 is 17.7 Å². The highest BCUT2D eigenvalue weighted by molar-refractivity contribution is 6.34. The predicted molar refractivity (Wildman–Crippen MR) is 96.3 cm³/mol. The molecule has 0 fully saturated rings. The Morgan fingerprint density at radius 1 is 1.20 bits per heavy atom. The summed E-state index contributed by atoms with van der Waals surface area (Å²) in [5.74, 6) is -3.11. The van der Waals surface area contributed by atoms with Crippen LogP contribution in [-0.4, -0.2) is 23.4 Å². The molecule has 0 spiro atoms. The van der Waals surface area contributed by atoms with Gasteiger partial charge in [0.1, 0.15) is 0 Å². The zero-order valence-electron chi connectivity index (χ0n) is 13.5. The number of carboxylic acids is 1. The van der Waals surface area contributed by atoms with Gasteiger partial charge in [0, 0.05) is 16.5 Å². The van der Waals surface area contributed by atoms with Crippen molar-refractivity contribution in [2.75, 3.05) is 12.0 Å². The maximum atomic E-state index is 12.1. The van der Waals surface area contributed by atoms with E-state index in [1.54, 1.807) is 19.1 Å².